The van der Waals surface area contributed by atoms with Gasteiger partial charge in [-0.3, -0.25) is 14.5 Å². The number of rotatable bonds is 7. The van der Waals surface area contributed by atoms with Gasteiger partial charge < -0.3 is 14.5 Å². The van der Waals surface area contributed by atoms with Crippen molar-refractivity contribution in [2.45, 2.75) is 45.4 Å². The second-order valence-corrected chi connectivity index (χ2v) is 9.24. The highest BCUT2D eigenvalue weighted by atomic mass is 16.5. The zero-order valence-electron chi connectivity index (χ0n) is 20.0. The molecule has 2 aliphatic heterocycles. The van der Waals surface area contributed by atoms with Crippen molar-refractivity contribution in [3.05, 3.63) is 71.4 Å². The third kappa shape index (κ3) is 4.96. The van der Waals surface area contributed by atoms with Gasteiger partial charge in [-0.25, -0.2) is 0 Å². The van der Waals surface area contributed by atoms with Crippen molar-refractivity contribution in [3.8, 4) is 5.75 Å². The van der Waals surface area contributed by atoms with Gasteiger partial charge in [-0.1, -0.05) is 42.5 Å². The molecule has 33 heavy (non-hydrogen) atoms. The van der Waals surface area contributed by atoms with Gasteiger partial charge in [0.1, 0.15) is 11.4 Å². The minimum atomic E-state index is -0.240. The lowest BCUT2D eigenvalue weighted by Crippen LogP contribution is -2.43. The normalized spacial score (nSPS) is 17.9. The van der Waals surface area contributed by atoms with Crippen LogP contribution in [0.5, 0.6) is 5.75 Å². The van der Waals surface area contributed by atoms with E-state index in [4.69, 9.17) is 4.74 Å². The number of carbonyl (C=O) groups is 2. The number of piperidine rings is 1. The third-order valence-corrected chi connectivity index (χ3v) is 6.43. The van der Waals surface area contributed by atoms with Crippen molar-refractivity contribution >= 4 is 17.4 Å². The molecule has 0 radical (unpaired) electrons. The molecule has 2 aromatic carbocycles. The molecule has 2 aromatic rings. The van der Waals surface area contributed by atoms with Gasteiger partial charge in [0, 0.05) is 13.1 Å². The molecule has 0 aliphatic carbocycles. The number of ether oxygens (including phenoxy) is 1. The number of nitrogens with zero attached hydrogens (tertiary/aromatic N) is 3. The standard InChI is InChI=1S/C27H33N3O3/c1-19(2)33-23-12-10-21(11-13-23)24-25(29(4)22-14-16-28(3)17-15-22)27(32)30(26(24)31)18-20-8-6-5-7-9-20/h5-13,19,22H,14-18H2,1-4H3. The van der Waals surface area contributed by atoms with E-state index in [1.165, 1.54) is 4.90 Å². The smallest absolute Gasteiger partial charge is 0.278 e. The second kappa shape index (κ2) is 9.79. The molecule has 0 bridgehead atoms. The summed E-state index contributed by atoms with van der Waals surface area (Å²) in [5.41, 5.74) is 2.66. The summed E-state index contributed by atoms with van der Waals surface area (Å²) in [4.78, 5) is 33.0. The average Bonchev–Trinajstić information content (AvgIpc) is 3.05. The number of benzene rings is 2. The first kappa shape index (κ1) is 23.1. The molecular formula is C27H33N3O3. The summed E-state index contributed by atoms with van der Waals surface area (Å²) in [5.74, 6) is 0.288. The summed E-state index contributed by atoms with van der Waals surface area (Å²) < 4.78 is 5.77. The molecule has 2 aliphatic rings. The number of hydrogen-bond donors (Lipinski definition) is 0. The molecule has 0 aromatic heterocycles. The molecule has 4 rings (SSSR count). The van der Waals surface area contributed by atoms with Gasteiger partial charge in [0.25, 0.3) is 11.8 Å². The van der Waals surface area contributed by atoms with E-state index in [1.807, 2.05) is 80.4 Å². The maximum Gasteiger partial charge on any atom is 0.278 e. The van der Waals surface area contributed by atoms with Crippen molar-refractivity contribution in [3.63, 3.8) is 0 Å². The van der Waals surface area contributed by atoms with E-state index in [9.17, 15) is 9.59 Å². The van der Waals surface area contributed by atoms with Crippen LogP contribution in [0.25, 0.3) is 5.57 Å². The molecule has 0 saturated carbocycles. The van der Waals surface area contributed by atoms with Crippen LogP contribution in [-0.4, -0.2) is 65.8 Å². The Labute approximate surface area is 196 Å². The Morgan fingerprint density at radius 2 is 1.61 bits per heavy atom. The van der Waals surface area contributed by atoms with E-state index in [-0.39, 0.29) is 30.5 Å². The van der Waals surface area contributed by atoms with Crippen LogP contribution < -0.4 is 4.74 Å². The van der Waals surface area contributed by atoms with E-state index in [1.54, 1.807) is 0 Å². The fourth-order valence-corrected chi connectivity index (χ4v) is 4.60. The Morgan fingerprint density at radius 3 is 2.21 bits per heavy atom. The second-order valence-electron chi connectivity index (χ2n) is 9.24. The van der Waals surface area contributed by atoms with E-state index < -0.39 is 0 Å². The number of amides is 2. The summed E-state index contributed by atoms with van der Waals surface area (Å²) in [6.45, 7) is 6.18. The van der Waals surface area contributed by atoms with Crippen molar-refractivity contribution < 1.29 is 14.3 Å². The molecule has 6 nitrogen and oxygen atoms in total. The molecule has 2 heterocycles. The van der Waals surface area contributed by atoms with E-state index in [0.717, 1.165) is 42.8 Å². The van der Waals surface area contributed by atoms with E-state index in [2.05, 4.69) is 11.9 Å². The van der Waals surface area contributed by atoms with Gasteiger partial charge >= 0.3 is 0 Å². The lowest BCUT2D eigenvalue weighted by atomic mass is 10.00. The Kier molecular flexibility index (Phi) is 6.84. The van der Waals surface area contributed by atoms with Crippen molar-refractivity contribution in [2.24, 2.45) is 0 Å². The highest BCUT2D eigenvalue weighted by molar-refractivity contribution is 6.35. The Bertz CT molecular complexity index is 1020. The first-order valence-electron chi connectivity index (χ1n) is 11.7. The van der Waals surface area contributed by atoms with Gasteiger partial charge in [0.05, 0.1) is 18.2 Å². The number of likely N-dealkylation sites (tertiary alicyclic amines) is 1. The summed E-state index contributed by atoms with van der Waals surface area (Å²) in [7, 11) is 4.08. The van der Waals surface area contributed by atoms with Crippen LogP contribution in [0.1, 0.15) is 37.8 Å². The number of imide groups is 1. The van der Waals surface area contributed by atoms with Crippen molar-refractivity contribution in [2.75, 3.05) is 27.2 Å². The third-order valence-electron chi connectivity index (χ3n) is 6.43. The van der Waals surface area contributed by atoms with Crippen LogP contribution >= 0.6 is 0 Å². The van der Waals surface area contributed by atoms with Crippen LogP contribution in [0.3, 0.4) is 0 Å². The lowest BCUT2D eigenvalue weighted by molar-refractivity contribution is -0.138. The zero-order chi connectivity index (χ0) is 23.5. The van der Waals surface area contributed by atoms with Crippen LogP contribution in [0.15, 0.2) is 60.3 Å². The molecule has 1 saturated heterocycles. The predicted octanol–water partition coefficient (Wildman–Crippen LogP) is 3.78. The molecule has 1 fully saturated rings. The minimum absolute atomic E-state index is 0.0669. The summed E-state index contributed by atoms with van der Waals surface area (Å²) >= 11 is 0. The maximum atomic E-state index is 13.6. The predicted molar refractivity (Wildman–Crippen MR) is 129 cm³/mol. The van der Waals surface area contributed by atoms with Crippen LogP contribution in [0, 0.1) is 0 Å². The van der Waals surface area contributed by atoms with Gasteiger partial charge in [0.2, 0.25) is 0 Å². The number of hydrogen-bond acceptors (Lipinski definition) is 5. The van der Waals surface area contributed by atoms with E-state index >= 15 is 0 Å². The maximum absolute atomic E-state index is 13.6. The fraction of sp³-hybridized carbons (Fsp3) is 0.407. The topological polar surface area (TPSA) is 53.1 Å². The molecule has 0 spiro atoms. The minimum Gasteiger partial charge on any atom is -0.491 e. The lowest BCUT2D eigenvalue weighted by Gasteiger charge is -2.36. The first-order valence-corrected chi connectivity index (χ1v) is 11.7. The summed E-state index contributed by atoms with van der Waals surface area (Å²) in [5, 5.41) is 0. The number of likely N-dealkylation sites (N-methyl/N-ethyl adjacent to an activating group) is 1. The molecule has 6 heteroatoms. The number of carbonyl (C=O) groups excluding carboxylic acids is 2. The molecular weight excluding hydrogens is 414 g/mol. The molecule has 0 unspecified atom stereocenters. The zero-order valence-corrected chi connectivity index (χ0v) is 20.0. The van der Waals surface area contributed by atoms with Crippen LogP contribution in [0.2, 0.25) is 0 Å². The Balaban J connectivity index is 1.69. The highest BCUT2D eigenvalue weighted by Gasteiger charge is 2.42. The first-order chi connectivity index (χ1) is 15.8. The van der Waals surface area contributed by atoms with Crippen LogP contribution in [-0.2, 0) is 16.1 Å². The highest BCUT2D eigenvalue weighted by Crippen LogP contribution is 2.35. The van der Waals surface area contributed by atoms with Gasteiger partial charge in [-0.2, -0.15) is 0 Å². The SMILES string of the molecule is CC(C)Oc1ccc(C2=C(N(C)C3CCN(C)CC3)C(=O)N(Cc3ccccc3)C2=O)cc1. The van der Waals surface area contributed by atoms with Crippen molar-refractivity contribution in [1.29, 1.82) is 0 Å². The molecule has 0 N–H and O–H groups in total. The monoisotopic (exact) mass is 447 g/mol. The van der Waals surface area contributed by atoms with Crippen LogP contribution in [0.4, 0.5) is 0 Å². The average molecular weight is 448 g/mol. The van der Waals surface area contributed by atoms with Gasteiger partial charge in [-0.05, 0) is 70.1 Å². The van der Waals surface area contributed by atoms with Gasteiger partial charge in [0.15, 0.2) is 0 Å². The fourth-order valence-electron chi connectivity index (χ4n) is 4.60. The molecule has 0 atom stereocenters. The van der Waals surface area contributed by atoms with E-state index in [0.29, 0.717) is 11.3 Å². The Morgan fingerprint density at radius 1 is 0.970 bits per heavy atom. The Hall–Kier alpha value is -3.12. The summed E-state index contributed by atoms with van der Waals surface area (Å²) in [6, 6.07) is 17.4. The largest absolute Gasteiger partial charge is 0.491 e. The quantitative estimate of drug-likeness (QED) is 0.605. The van der Waals surface area contributed by atoms with Gasteiger partial charge in [-0.15, -0.1) is 0 Å². The molecule has 174 valence electrons. The summed E-state index contributed by atoms with van der Waals surface area (Å²) in [6.07, 6.45) is 1.99. The molecule has 2 amide bonds. The van der Waals surface area contributed by atoms with Crippen molar-refractivity contribution in [1.82, 2.24) is 14.7 Å².